The third kappa shape index (κ3) is 5.11. The summed E-state index contributed by atoms with van der Waals surface area (Å²) in [6.07, 6.45) is 2.52. The summed E-state index contributed by atoms with van der Waals surface area (Å²) >= 11 is 0. The number of ether oxygens (including phenoxy) is 1. The van der Waals surface area contributed by atoms with Crippen LogP contribution < -0.4 is 10.6 Å². The lowest BCUT2D eigenvalue weighted by molar-refractivity contribution is -0.146. The summed E-state index contributed by atoms with van der Waals surface area (Å²) in [6, 6.07) is -0.574. The van der Waals surface area contributed by atoms with Gasteiger partial charge in [0.25, 0.3) is 0 Å². The molecule has 92 valence electrons. The van der Waals surface area contributed by atoms with Crippen LogP contribution in [-0.2, 0) is 14.3 Å². The van der Waals surface area contributed by atoms with Crippen molar-refractivity contribution >= 4 is 11.9 Å². The Kier molecular flexibility index (Phi) is 5.25. The Morgan fingerprint density at radius 3 is 2.69 bits per heavy atom. The van der Waals surface area contributed by atoms with Gasteiger partial charge in [0.2, 0.25) is 5.91 Å². The van der Waals surface area contributed by atoms with E-state index in [0.29, 0.717) is 6.61 Å². The second-order valence-corrected chi connectivity index (χ2v) is 4.12. The predicted octanol–water partition coefficient (Wildman–Crippen LogP) is 0.0538. The first kappa shape index (κ1) is 13.0. The van der Waals surface area contributed by atoms with Gasteiger partial charge in [-0.15, -0.1) is 0 Å². The number of rotatable bonds is 7. The molecule has 0 bridgehead atoms. The Balaban J connectivity index is 2.08. The summed E-state index contributed by atoms with van der Waals surface area (Å²) in [4.78, 5) is 22.6. The summed E-state index contributed by atoms with van der Waals surface area (Å²) in [5.41, 5.74) is 0. The molecule has 0 spiro atoms. The molecule has 1 aliphatic carbocycles. The van der Waals surface area contributed by atoms with Crippen molar-refractivity contribution in [3.63, 3.8) is 0 Å². The van der Waals surface area contributed by atoms with Crippen molar-refractivity contribution in [2.24, 2.45) is 5.92 Å². The second kappa shape index (κ2) is 6.48. The van der Waals surface area contributed by atoms with Crippen LogP contribution in [0.2, 0.25) is 0 Å². The molecule has 0 aliphatic heterocycles. The Hall–Kier alpha value is -1.10. The smallest absolute Gasteiger partial charge is 0.328 e. The van der Waals surface area contributed by atoms with Crippen LogP contribution >= 0.6 is 0 Å². The average molecular weight is 228 g/mol. The van der Waals surface area contributed by atoms with Crippen molar-refractivity contribution < 1.29 is 14.3 Å². The molecule has 1 aliphatic rings. The molecule has 16 heavy (non-hydrogen) atoms. The van der Waals surface area contributed by atoms with E-state index in [4.69, 9.17) is 4.74 Å². The van der Waals surface area contributed by atoms with Crippen molar-refractivity contribution in [3.8, 4) is 0 Å². The van der Waals surface area contributed by atoms with Crippen molar-refractivity contribution in [1.82, 2.24) is 10.6 Å². The van der Waals surface area contributed by atoms with E-state index in [2.05, 4.69) is 10.6 Å². The van der Waals surface area contributed by atoms with E-state index in [1.165, 1.54) is 12.8 Å². The third-order valence-corrected chi connectivity index (χ3v) is 2.43. The standard InChI is InChI=1S/C11H20N2O3/c1-3-16-11(15)8(2)13-10(14)7-12-6-9-4-5-9/h8-9,12H,3-7H2,1-2H3,(H,13,14). The quantitative estimate of drug-likeness (QED) is 0.604. The highest BCUT2D eigenvalue weighted by atomic mass is 16.5. The highest BCUT2D eigenvalue weighted by molar-refractivity contribution is 5.85. The zero-order chi connectivity index (χ0) is 12.0. The molecule has 2 N–H and O–H groups in total. The first-order valence-corrected chi connectivity index (χ1v) is 5.80. The molecule has 0 radical (unpaired) electrons. The fourth-order valence-corrected chi connectivity index (χ4v) is 1.33. The first-order valence-electron chi connectivity index (χ1n) is 5.80. The molecular formula is C11H20N2O3. The first-order chi connectivity index (χ1) is 7.63. The maximum atomic E-state index is 11.4. The normalized spacial score (nSPS) is 16.6. The van der Waals surface area contributed by atoms with Gasteiger partial charge in [0.05, 0.1) is 13.2 Å². The molecule has 0 aromatic rings. The van der Waals surface area contributed by atoms with E-state index in [-0.39, 0.29) is 12.5 Å². The molecule has 1 amide bonds. The number of nitrogens with one attached hydrogen (secondary N) is 2. The molecule has 5 heteroatoms. The highest BCUT2D eigenvalue weighted by Crippen LogP contribution is 2.27. The van der Waals surface area contributed by atoms with Gasteiger partial charge in [0, 0.05) is 0 Å². The Morgan fingerprint density at radius 2 is 2.12 bits per heavy atom. The van der Waals surface area contributed by atoms with E-state index in [0.717, 1.165) is 12.5 Å². The molecule has 1 rings (SSSR count). The molecule has 0 aromatic heterocycles. The van der Waals surface area contributed by atoms with Gasteiger partial charge in [0.1, 0.15) is 6.04 Å². The van der Waals surface area contributed by atoms with Crippen LogP contribution in [0.4, 0.5) is 0 Å². The van der Waals surface area contributed by atoms with Gasteiger partial charge in [-0.2, -0.15) is 0 Å². The summed E-state index contributed by atoms with van der Waals surface area (Å²) in [7, 11) is 0. The third-order valence-electron chi connectivity index (χ3n) is 2.43. The summed E-state index contributed by atoms with van der Waals surface area (Å²) in [5, 5.41) is 5.64. The van der Waals surface area contributed by atoms with E-state index >= 15 is 0 Å². The van der Waals surface area contributed by atoms with Gasteiger partial charge in [0.15, 0.2) is 0 Å². The zero-order valence-corrected chi connectivity index (χ0v) is 9.91. The number of carbonyl (C=O) groups excluding carboxylic acids is 2. The minimum absolute atomic E-state index is 0.166. The molecule has 1 unspecified atom stereocenters. The lowest BCUT2D eigenvalue weighted by Gasteiger charge is -2.12. The van der Waals surface area contributed by atoms with Crippen molar-refractivity contribution in [3.05, 3.63) is 0 Å². The number of hydrogen-bond donors (Lipinski definition) is 2. The van der Waals surface area contributed by atoms with Gasteiger partial charge in [-0.3, -0.25) is 4.79 Å². The Bertz CT molecular complexity index is 252. The van der Waals surface area contributed by atoms with Gasteiger partial charge >= 0.3 is 5.97 Å². The minimum atomic E-state index is -0.574. The van der Waals surface area contributed by atoms with E-state index in [9.17, 15) is 9.59 Å². The molecule has 1 atom stereocenters. The van der Waals surface area contributed by atoms with Crippen LogP contribution in [0.3, 0.4) is 0 Å². The largest absolute Gasteiger partial charge is 0.464 e. The van der Waals surface area contributed by atoms with Crippen LogP contribution in [0.1, 0.15) is 26.7 Å². The molecule has 0 aromatic carbocycles. The molecule has 5 nitrogen and oxygen atoms in total. The molecule has 0 saturated heterocycles. The Labute approximate surface area is 95.9 Å². The van der Waals surface area contributed by atoms with E-state index < -0.39 is 12.0 Å². The number of amides is 1. The predicted molar refractivity (Wildman–Crippen MR) is 59.8 cm³/mol. The maximum absolute atomic E-state index is 11.4. The van der Waals surface area contributed by atoms with Gasteiger partial charge < -0.3 is 15.4 Å². The number of esters is 1. The van der Waals surface area contributed by atoms with Crippen LogP contribution in [0, 0.1) is 5.92 Å². The van der Waals surface area contributed by atoms with Gasteiger partial charge in [-0.05, 0) is 39.2 Å². The molecule has 0 heterocycles. The average Bonchev–Trinajstić information content (AvgIpc) is 3.02. The lowest BCUT2D eigenvalue weighted by Crippen LogP contribution is -2.43. The van der Waals surface area contributed by atoms with Crippen molar-refractivity contribution in [2.45, 2.75) is 32.7 Å². The van der Waals surface area contributed by atoms with Gasteiger partial charge in [-0.25, -0.2) is 4.79 Å². The van der Waals surface area contributed by atoms with E-state index in [1.807, 2.05) is 0 Å². The fourth-order valence-electron chi connectivity index (χ4n) is 1.33. The van der Waals surface area contributed by atoms with Gasteiger partial charge in [-0.1, -0.05) is 0 Å². The van der Waals surface area contributed by atoms with Crippen LogP contribution in [0.5, 0.6) is 0 Å². The molecule has 1 fully saturated rings. The SMILES string of the molecule is CCOC(=O)C(C)NC(=O)CNCC1CC1. The van der Waals surface area contributed by atoms with Crippen LogP contribution in [0.25, 0.3) is 0 Å². The molecule has 1 saturated carbocycles. The van der Waals surface area contributed by atoms with Crippen LogP contribution in [-0.4, -0.2) is 37.6 Å². The molecular weight excluding hydrogens is 208 g/mol. The maximum Gasteiger partial charge on any atom is 0.328 e. The highest BCUT2D eigenvalue weighted by Gasteiger charge is 2.21. The second-order valence-electron chi connectivity index (χ2n) is 4.12. The monoisotopic (exact) mass is 228 g/mol. The fraction of sp³-hybridized carbons (Fsp3) is 0.818. The van der Waals surface area contributed by atoms with Crippen LogP contribution in [0.15, 0.2) is 0 Å². The van der Waals surface area contributed by atoms with E-state index in [1.54, 1.807) is 13.8 Å². The summed E-state index contributed by atoms with van der Waals surface area (Å²) in [6.45, 7) is 4.85. The number of carbonyl (C=O) groups is 2. The lowest BCUT2D eigenvalue weighted by atomic mass is 10.3. The summed E-state index contributed by atoms with van der Waals surface area (Å²) < 4.78 is 4.78. The zero-order valence-electron chi connectivity index (χ0n) is 9.91. The van der Waals surface area contributed by atoms with Crippen molar-refractivity contribution in [1.29, 1.82) is 0 Å². The summed E-state index contributed by atoms with van der Waals surface area (Å²) in [5.74, 6) is 0.189. The topological polar surface area (TPSA) is 67.4 Å². The Morgan fingerprint density at radius 1 is 1.44 bits per heavy atom. The number of hydrogen-bond acceptors (Lipinski definition) is 4. The van der Waals surface area contributed by atoms with Crippen molar-refractivity contribution in [2.75, 3.05) is 19.7 Å². The minimum Gasteiger partial charge on any atom is -0.464 e.